The zero-order chi connectivity index (χ0) is 21.5. The number of halogens is 2. The number of alkyl halides is 2. The molecule has 2 bridgehead atoms. The predicted molar refractivity (Wildman–Crippen MR) is 105 cm³/mol. The number of fused-ring (bicyclic) bond motifs is 2. The highest BCUT2D eigenvalue weighted by atomic mass is 19.3. The number of likely N-dealkylation sites (tertiary alicyclic amines) is 1. The molecular weight excluding hydrogens is 394 g/mol. The molecule has 0 radical (unpaired) electrons. The van der Waals surface area contributed by atoms with Gasteiger partial charge in [0.05, 0.1) is 0 Å². The minimum absolute atomic E-state index is 0.0442. The van der Waals surface area contributed by atoms with Gasteiger partial charge < -0.3 is 14.5 Å². The Morgan fingerprint density at radius 3 is 2.57 bits per heavy atom. The molecule has 0 aliphatic carbocycles. The van der Waals surface area contributed by atoms with Gasteiger partial charge in [0, 0.05) is 56.4 Å². The summed E-state index contributed by atoms with van der Waals surface area (Å²) in [5.74, 6) is -2.61. The average Bonchev–Trinajstić information content (AvgIpc) is 2.98. The Morgan fingerprint density at radius 2 is 1.87 bits per heavy atom. The van der Waals surface area contributed by atoms with E-state index in [-0.39, 0.29) is 29.4 Å². The summed E-state index contributed by atoms with van der Waals surface area (Å²) >= 11 is 0. The van der Waals surface area contributed by atoms with Crippen molar-refractivity contribution in [3.63, 3.8) is 0 Å². The van der Waals surface area contributed by atoms with Crippen LogP contribution in [0.4, 0.5) is 14.7 Å². The third kappa shape index (κ3) is 4.31. The maximum atomic E-state index is 13.2. The Balaban J connectivity index is 1.51. The Kier molecular flexibility index (Phi) is 5.25. The van der Waals surface area contributed by atoms with Crippen molar-refractivity contribution in [2.45, 2.75) is 39.2 Å². The van der Waals surface area contributed by atoms with Crippen molar-refractivity contribution in [2.75, 3.05) is 31.1 Å². The van der Waals surface area contributed by atoms with Crippen molar-refractivity contribution in [2.24, 2.45) is 5.92 Å². The van der Waals surface area contributed by atoms with E-state index in [1.165, 1.54) is 12.4 Å². The molecule has 2 aliphatic rings. The van der Waals surface area contributed by atoms with E-state index in [0.717, 1.165) is 31.3 Å². The van der Waals surface area contributed by atoms with E-state index in [2.05, 4.69) is 24.8 Å². The third-order valence-corrected chi connectivity index (χ3v) is 5.25. The molecule has 2 fully saturated rings. The summed E-state index contributed by atoms with van der Waals surface area (Å²) in [7, 11) is 0. The Morgan fingerprint density at radius 1 is 1.17 bits per heavy atom. The molecule has 4 heterocycles. The molecule has 0 N–H and O–H groups in total. The number of rotatable bonds is 5. The van der Waals surface area contributed by atoms with Crippen LogP contribution >= 0.6 is 0 Å². The normalized spacial score (nSPS) is 21.1. The molecule has 8 nitrogen and oxygen atoms in total. The second-order valence-electron chi connectivity index (χ2n) is 8.14. The van der Waals surface area contributed by atoms with Crippen molar-refractivity contribution in [3.05, 3.63) is 35.5 Å². The third-order valence-electron chi connectivity index (χ3n) is 5.25. The molecular formula is C20H24F2N6O2. The number of hydrogen-bond acceptors (Lipinski definition) is 7. The molecule has 0 spiro atoms. The number of nitrogens with zero attached hydrogens (tertiary/aromatic N) is 6. The number of aryl methyl sites for hydroxylation is 2. The standard InChI is InChI=1S/C20H24F2N6O2/c1-12-6-13(2)26-19(25-12)28-9-14-7-15(28)10-27(8-14)18(29)16-17(24-5-4-23-16)30-11-20(3,21)22/h4-6,14-15H,7-11H2,1-3H3. The molecule has 2 atom stereocenters. The minimum atomic E-state index is -3.03. The smallest absolute Gasteiger partial charge is 0.278 e. The van der Waals surface area contributed by atoms with Gasteiger partial charge >= 0.3 is 0 Å². The fourth-order valence-electron chi connectivity index (χ4n) is 4.13. The molecule has 2 aromatic rings. The highest BCUT2D eigenvalue weighted by Gasteiger charge is 2.42. The molecule has 2 aromatic heterocycles. The molecule has 10 heteroatoms. The van der Waals surface area contributed by atoms with E-state index in [1.54, 1.807) is 4.90 Å². The van der Waals surface area contributed by atoms with Crippen molar-refractivity contribution in [3.8, 4) is 5.88 Å². The Labute approximate surface area is 173 Å². The van der Waals surface area contributed by atoms with Gasteiger partial charge in [-0.1, -0.05) is 0 Å². The van der Waals surface area contributed by atoms with Crippen LogP contribution in [0.15, 0.2) is 18.5 Å². The van der Waals surface area contributed by atoms with Crippen molar-refractivity contribution in [1.82, 2.24) is 24.8 Å². The molecule has 1 amide bonds. The van der Waals surface area contributed by atoms with Crippen LogP contribution in [0, 0.1) is 19.8 Å². The number of ether oxygens (including phenoxy) is 1. The summed E-state index contributed by atoms with van der Waals surface area (Å²) < 4.78 is 31.5. The lowest BCUT2D eigenvalue weighted by atomic mass is 10.00. The molecule has 0 saturated carbocycles. The van der Waals surface area contributed by atoms with Gasteiger partial charge in [-0.05, 0) is 32.3 Å². The lowest BCUT2D eigenvalue weighted by Crippen LogP contribution is -2.46. The maximum absolute atomic E-state index is 13.2. The van der Waals surface area contributed by atoms with E-state index >= 15 is 0 Å². The van der Waals surface area contributed by atoms with Crippen molar-refractivity contribution >= 4 is 11.9 Å². The summed E-state index contributed by atoms with van der Waals surface area (Å²) in [5, 5.41) is 0. The Hall–Kier alpha value is -2.91. The number of carbonyl (C=O) groups excluding carboxylic acids is 1. The Bertz CT molecular complexity index is 931. The molecule has 160 valence electrons. The first kappa shape index (κ1) is 20.4. The van der Waals surface area contributed by atoms with E-state index < -0.39 is 12.5 Å². The first-order valence-corrected chi connectivity index (χ1v) is 9.89. The van der Waals surface area contributed by atoms with Crippen LogP contribution in [0.1, 0.15) is 35.2 Å². The quantitative estimate of drug-likeness (QED) is 0.736. The predicted octanol–water partition coefficient (Wildman–Crippen LogP) is 2.27. The molecule has 4 rings (SSSR count). The average molecular weight is 418 g/mol. The van der Waals surface area contributed by atoms with Crippen LogP contribution in [0.2, 0.25) is 0 Å². The fraction of sp³-hybridized carbons (Fsp3) is 0.550. The fourth-order valence-corrected chi connectivity index (χ4v) is 4.13. The van der Waals surface area contributed by atoms with E-state index in [9.17, 15) is 13.6 Å². The van der Waals surface area contributed by atoms with Crippen molar-refractivity contribution in [1.29, 1.82) is 0 Å². The number of carbonyl (C=O) groups is 1. The second-order valence-corrected chi connectivity index (χ2v) is 8.14. The summed E-state index contributed by atoms with van der Waals surface area (Å²) in [6, 6.07) is 2.02. The zero-order valence-corrected chi connectivity index (χ0v) is 17.2. The number of anilines is 1. The second kappa shape index (κ2) is 7.73. The SMILES string of the molecule is Cc1cc(C)nc(N2CC3CC2CN(C(=O)c2nccnc2OCC(C)(F)F)C3)n1. The molecule has 2 aliphatic heterocycles. The number of piperidine rings is 1. The highest BCUT2D eigenvalue weighted by molar-refractivity contribution is 5.94. The van der Waals surface area contributed by atoms with Crippen LogP contribution in [0.5, 0.6) is 5.88 Å². The molecule has 0 aromatic carbocycles. The summed E-state index contributed by atoms with van der Waals surface area (Å²) in [4.78, 5) is 34.1. The largest absolute Gasteiger partial charge is 0.470 e. The molecule has 30 heavy (non-hydrogen) atoms. The van der Waals surface area contributed by atoms with Crippen LogP contribution < -0.4 is 9.64 Å². The number of amides is 1. The van der Waals surface area contributed by atoms with E-state index in [4.69, 9.17) is 4.74 Å². The zero-order valence-electron chi connectivity index (χ0n) is 17.2. The van der Waals surface area contributed by atoms with Crippen LogP contribution in [0.3, 0.4) is 0 Å². The lowest BCUT2D eigenvalue weighted by molar-refractivity contribution is -0.0247. The number of aromatic nitrogens is 4. The first-order chi connectivity index (χ1) is 14.2. The van der Waals surface area contributed by atoms with Crippen LogP contribution in [-0.4, -0.2) is 68.9 Å². The van der Waals surface area contributed by atoms with Crippen LogP contribution in [0.25, 0.3) is 0 Å². The highest BCUT2D eigenvalue weighted by Crippen LogP contribution is 2.33. The van der Waals surface area contributed by atoms with Gasteiger partial charge in [-0.2, -0.15) is 0 Å². The molecule has 2 unspecified atom stereocenters. The lowest BCUT2D eigenvalue weighted by Gasteiger charge is -2.32. The topological polar surface area (TPSA) is 84.3 Å². The van der Waals surface area contributed by atoms with Crippen molar-refractivity contribution < 1.29 is 18.3 Å². The number of hydrogen-bond donors (Lipinski definition) is 0. The van der Waals surface area contributed by atoms with Gasteiger partial charge in [0.2, 0.25) is 11.8 Å². The monoisotopic (exact) mass is 418 g/mol. The van der Waals surface area contributed by atoms with Gasteiger partial charge in [0.15, 0.2) is 12.3 Å². The summed E-state index contributed by atoms with van der Waals surface area (Å²) in [6.07, 6.45) is 3.63. The van der Waals surface area contributed by atoms with Gasteiger partial charge in [0.1, 0.15) is 0 Å². The van der Waals surface area contributed by atoms with Gasteiger partial charge in [-0.3, -0.25) is 4.79 Å². The van der Waals surface area contributed by atoms with Crippen LogP contribution in [-0.2, 0) is 0 Å². The van der Waals surface area contributed by atoms with Gasteiger partial charge in [0.25, 0.3) is 11.8 Å². The van der Waals surface area contributed by atoms with Gasteiger partial charge in [-0.15, -0.1) is 0 Å². The van der Waals surface area contributed by atoms with E-state index in [0.29, 0.717) is 19.0 Å². The maximum Gasteiger partial charge on any atom is 0.278 e. The van der Waals surface area contributed by atoms with E-state index in [1.807, 2.05) is 19.9 Å². The summed E-state index contributed by atoms with van der Waals surface area (Å²) in [6.45, 7) is 5.55. The van der Waals surface area contributed by atoms with Gasteiger partial charge in [-0.25, -0.2) is 28.7 Å². The minimum Gasteiger partial charge on any atom is -0.470 e. The summed E-state index contributed by atoms with van der Waals surface area (Å²) in [5.41, 5.74) is 1.76. The molecule has 2 saturated heterocycles. The first-order valence-electron chi connectivity index (χ1n) is 9.89.